The van der Waals surface area contributed by atoms with Crippen LogP contribution in [0.5, 0.6) is 0 Å². The molecule has 80 valence electrons. The van der Waals surface area contributed by atoms with E-state index >= 15 is 0 Å². The second-order valence-electron chi connectivity index (χ2n) is 3.63. The van der Waals surface area contributed by atoms with Crippen molar-refractivity contribution in [1.82, 2.24) is 10.6 Å². The first-order chi connectivity index (χ1) is 6.57. The van der Waals surface area contributed by atoms with E-state index in [0.717, 1.165) is 0 Å². The summed E-state index contributed by atoms with van der Waals surface area (Å²) in [5, 5.41) is 5.85. The Morgan fingerprint density at radius 3 is 2.50 bits per heavy atom. The summed E-state index contributed by atoms with van der Waals surface area (Å²) < 4.78 is 0. The van der Waals surface area contributed by atoms with Gasteiger partial charge in [0.2, 0.25) is 5.91 Å². The molecule has 0 aromatic heterocycles. The second kappa shape index (κ2) is 7.40. The molecule has 0 radical (unpaired) electrons. The fraction of sp³-hybridized carbons (Fsp3) is 0.727. The first-order valence-electron chi connectivity index (χ1n) is 4.97. The number of nitrogens with one attached hydrogen (secondary N) is 2. The third kappa shape index (κ3) is 6.50. The average molecular weight is 196 g/mol. The van der Waals surface area contributed by atoms with Crippen molar-refractivity contribution in [3.8, 4) is 11.8 Å². The van der Waals surface area contributed by atoms with Crippen molar-refractivity contribution in [3.63, 3.8) is 0 Å². The summed E-state index contributed by atoms with van der Waals surface area (Å²) in [5.74, 6) is 6.09. The topological polar surface area (TPSA) is 41.1 Å². The van der Waals surface area contributed by atoms with Crippen LogP contribution in [0.4, 0.5) is 0 Å². The van der Waals surface area contributed by atoms with Crippen LogP contribution in [0.15, 0.2) is 0 Å². The Morgan fingerprint density at radius 1 is 1.36 bits per heavy atom. The highest BCUT2D eigenvalue weighted by molar-refractivity contribution is 5.78. The quantitative estimate of drug-likeness (QED) is 0.503. The Labute approximate surface area is 86.6 Å². The van der Waals surface area contributed by atoms with Crippen molar-refractivity contribution in [1.29, 1.82) is 0 Å². The van der Waals surface area contributed by atoms with E-state index in [1.807, 2.05) is 6.92 Å². The SMILES string of the molecule is CC#CCNCC(=O)NC(C)C(C)C. The van der Waals surface area contributed by atoms with Crippen LogP contribution in [0, 0.1) is 17.8 Å². The number of hydrogen-bond acceptors (Lipinski definition) is 2. The van der Waals surface area contributed by atoms with Crippen LogP contribution in [0.25, 0.3) is 0 Å². The monoisotopic (exact) mass is 196 g/mol. The molecule has 0 bridgehead atoms. The highest BCUT2D eigenvalue weighted by Crippen LogP contribution is 1.98. The van der Waals surface area contributed by atoms with Gasteiger partial charge in [-0.25, -0.2) is 0 Å². The van der Waals surface area contributed by atoms with Crippen LogP contribution in [-0.2, 0) is 4.79 Å². The Morgan fingerprint density at radius 2 is 2.00 bits per heavy atom. The van der Waals surface area contributed by atoms with Gasteiger partial charge in [-0.2, -0.15) is 0 Å². The van der Waals surface area contributed by atoms with Crippen LogP contribution < -0.4 is 10.6 Å². The normalized spacial score (nSPS) is 11.8. The van der Waals surface area contributed by atoms with Gasteiger partial charge in [0, 0.05) is 6.04 Å². The third-order valence-corrected chi connectivity index (χ3v) is 2.06. The molecule has 3 heteroatoms. The second-order valence-corrected chi connectivity index (χ2v) is 3.63. The molecular formula is C11H20N2O. The Hall–Kier alpha value is -1.01. The average Bonchev–Trinajstić information content (AvgIpc) is 2.12. The zero-order valence-electron chi connectivity index (χ0n) is 9.48. The summed E-state index contributed by atoms with van der Waals surface area (Å²) in [6.07, 6.45) is 0. The lowest BCUT2D eigenvalue weighted by Crippen LogP contribution is -2.41. The van der Waals surface area contributed by atoms with Crippen molar-refractivity contribution < 1.29 is 4.79 Å². The molecule has 0 aliphatic heterocycles. The van der Waals surface area contributed by atoms with Gasteiger partial charge in [0.15, 0.2) is 0 Å². The van der Waals surface area contributed by atoms with Gasteiger partial charge in [-0.05, 0) is 19.8 Å². The molecule has 3 nitrogen and oxygen atoms in total. The molecule has 0 aliphatic carbocycles. The first-order valence-corrected chi connectivity index (χ1v) is 4.97. The number of amides is 1. The van der Waals surface area contributed by atoms with E-state index in [1.165, 1.54) is 0 Å². The molecule has 14 heavy (non-hydrogen) atoms. The molecule has 1 amide bonds. The molecule has 0 aliphatic rings. The van der Waals surface area contributed by atoms with Crippen LogP contribution >= 0.6 is 0 Å². The van der Waals surface area contributed by atoms with E-state index in [4.69, 9.17) is 0 Å². The van der Waals surface area contributed by atoms with Crippen molar-refractivity contribution in [2.45, 2.75) is 33.7 Å². The van der Waals surface area contributed by atoms with Crippen molar-refractivity contribution in [2.24, 2.45) is 5.92 Å². The largest absolute Gasteiger partial charge is 0.352 e. The zero-order valence-corrected chi connectivity index (χ0v) is 9.48. The molecule has 0 aromatic rings. The predicted molar refractivity (Wildman–Crippen MR) is 58.8 cm³/mol. The van der Waals surface area contributed by atoms with E-state index in [1.54, 1.807) is 6.92 Å². The summed E-state index contributed by atoms with van der Waals surface area (Å²) in [4.78, 5) is 11.3. The molecule has 0 spiro atoms. The molecule has 0 rings (SSSR count). The van der Waals surface area contributed by atoms with Gasteiger partial charge >= 0.3 is 0 Å². The summed E-state index contributed by atoms with van der Waals surface area (Å²) in [5.41, 5.74) is 0. The van der Waals surface area contributed by atoms with Gasteiger partial charge in [-0.3, -0.25) is 10.1 Å². The molecule has 0 saturated carbocycles. The molecule has 0 fully saturated rings. The summed E-state index contributed by atoms with van der Waals surface area (Å²) in [6.45, 7) is 8.87. The van der Waals surface area contributed by atoms with Gasteiger partial charge in [0.05, 0.1) is 13.1 Å². The Balaban J connectivity index is 3.58. The van der Waals surface area contributed by atoms with Gasteiger partial charge in [-0.15, -0.1) is 5.92 Å². The molecule has 1 atom stereocenters. The summed E-state index contributed by atoms with van der Waals surface area (Å²) >= 11 is 0. The van der Waals surface area contributed by atoms with Crippen molar-refractivity contribution in [2.75, 3.05) is 13.1 Å². The molecule has 0 heterocycles. The van der Waals surface area contributed by atoms with Crippen LogP contribution in [-0.4, -0.2) is 25.0 Å². The van der Waals surface area contributed by atoms with Crippen LogP contribution in [0.2, 0.25) is 0 Å². The van der Waals surface area contributed by atoms with E-state index < -0.39 is 0 Å². The predicted octanol–water partition coefficient (Wildman–Crippen LogP) is 0.760. The fourth-order valence-corrected chi connectivity index (χ4v) is 0.799. The summed E-state index contributed by atoms with van der Waals surface area (Å²) in [7, 11) is 0. The maximum absolute atomic E-state index is 11.3. The number of carbonyl (C=O) groups is 1. The lowest BCUT2D eigenvalue weighted by atomic mass is 10.1. The number of carbonyl (C=O) groups excluding carboxylic acids is 1. The van der Waals surface area contributed by atoms with Crippen molar-refractivity contribution >= 4 is 5.91 Å². The summed E-state index contributed by atoms with van der Waals surface area (Å²) in [6, 6.07) is 0.224. The molecule has 1 unspecified atom stereocenters. The Kier molecular flexibility index (Phi) is 6.87. The lowest BCUT2D eigenvalue weighted by molar-refractivity contribution is -0.121. The highest BCUT2D eigenvalue weighted by Gasteiger charge is 2.09. The maximum atomic E-state index is 11.3. The highest BCUT2D eigenvalue weighted by atomic mass is 16.1. The standard InChI is InChI=1S/C11H20N2O/c1-5-6-7-12-8-11(14)13-10(4)9(2)3/h9-10,12H,7-8H2,1-4H3,(H,13,14). The molecule has 0 aromatic carbocycles. The van der Waals surface area contributed by atoms with Crippen molar-refractivity contribution in [3.05, 3.63) is 0 Å². The van der Waals surface area contributed by atoms with E-state index in [0.29, 0.717) is 19.0 Å². The minimum absolute atomic E-state index is 0.0316. The third-order valence-electron chi connectivity index (χ3n) is 2.06. The van der Waals surface area contributed by atoms with Crippen LogP contribution in [0.1, 0.15) is 27.7 Å². The van der Waals surface area contributed by atoms with Gasteiger partial charge < -0.3 is 5.32 Å². The Bertz CT molecular complexity index is 225. The first kappa shape index (κ1) is 13.0. The van der Waals surface area contributed by atoms with E-state index in [-0.39, 0.29) is 11.9 Å². The fourth-order valence-electron chi connectivity index (χ4n) is 0.799. The van der Waals surface area contributed by atoms with Crippen LogP contribution in [0.3, 0.4) is 0 Å². The van der Waals surface area contributed by atoms with Gasteiger partial charge in [0.25, 0.3) is 0 Å². The molecule has 2 N–H and O–H groups in total. The van der Waals surface area contributed by atoms with E-state index in [2.05, 4.69) is 36.3 Å². The van der Waals surface area contributed by atoms with Gasteiger partial charge in [-0.1, -0.05) is 19.8 Å². The zero-order chi connectivity index (χ0) is 11.0. The molecular weight excluding hydrogens is 176 g/mol. The van der Waals surface area contributed by atoms with E-state index in [9.17, 15) is 4.79 Å². The van der Waals surface area contributed by atoms with Gasteiger partial charge in [0.1, 0.15) is 0 Å². The minimum Gasteiger partial charge on any atom is -0.352 e. The smallest absolute Gasteiger partial charge is 0.234 e. The number of rotatable bonds is 5. The molecule has 0 saturated heterocycles. The lowest BCUT2D eigenvalue weighted by Gasteiger charge is -2.17. The minimum atomic E-state index is 0.0316. The number of hydrogen-bond donors (Lipinski definition) is 2. The maximum Gasteiger partial charge on any atom is 0.234 e.